The molecule has 0 aromatic heterocycles. The third-order valence-electron chi connectivity index (χ3n) is 2.08. The molecule has 0 unspecified atom stereocenters. The molecule has 86 valence electrons. The Bertz CT molecular complexity index is 152. The molecule has 4 N–H and O–H groups in total. The zero-order valence-electron chi connectivity index (χ0n) is 10.2. The van der Waals surface area contributed by atoms with Crippen LogP contribution in [0, 0.1) is 5.92 Å². The standard InChI is InChI=1S/C11H26N2O/c1-8(2)6-9(12)10(14)7-13-11(3,4)5/h8-10,13-14H,6-7,12H2,1-5H3/t9-,10+/m0/s1. The molecule has 0 bridgehead atoms. The van der Waals surface area contributed by atoms with Gasteiger partial charge >= 0.3 is 0 Å². The average molecular weight is 202 g/mol. The Morgan fingerprint density at radius 3 is 2.14 bits per heavy atom. The Hall–Kier alpha value is -0.120. The van der Waals surface area contributed by atoms with Crippen molar-refractivity contribution in [3.63, 3.8) is 0 Å². The summed E-state index contributed by atoms with van der Waals surface area (Å²) in [7, 11) is 0. The van der Waals surface area contributed by atoms with Crippen LogP contribution in [0.3, 0.4) is 0 Å². The van der Waals surface area contributed by atoms with Crippen molar-refractivity contribution in [2.24, 2.45) is 11.7 Å². The molecule has 3 nitrogen and oxygen atoms in total. The summed E-state index contributed by atoms with van der Waals surface area (Å²) >= 11 is 0. The van der Waals surface area contributed by atoms with Crippen molar-refractivity contribution < 1.29 is 5.11 Å². The molecule has 0 radical (unpaired) electrons. The smallest absolute Gasteiger partial charge is 0.0815 e. The third-order valence-corrected chi connectivity index (χ3v) is 2.08. The quantitative estimate of drug-likeness (QED) is 0.626. The van der Waals surface area contributed by atoms with E-state index in [9.17, 15) is 5.11 Å². The molecule has 0 spiro atoms. The Kier molecular flexibility index (Phi) is 5.64. The van der Waals surface area contributed by atoms with Gasteiger partial charge < -0.3 is 16.2 Å². The van der Waals surface area contributed by atoms with Gasteiger partial charge in [-0.3, -0.25) is 0 Å². The van der Waals surface area contributed by atoms with Crippen LogP contribution < -0.4 is 11.1 Å². The van der Waals surface area contributed by atoms with Crippen molar-refractivity contribution in [1.29, 1.82) is 0 Å². The van der Waals surface area contributed by atoms with Crippen molar-refractivity contribution >= 4 is 0 Å². The Morgan fingerprint density at radius 2 is 1.79 bits per heavy atom. The molecule has 0 aliphatic heterocycles. The van der Waals surface area contributed by atoms with E-state index in [2.05, 4.69) is 39.9 Å². The molecule has 3 heteroatoms. The summed E-state index contributed by atoms with van der Waals surface area (Å²) in [4.78, 5) is 0. The summed E-state index contributed by atoms with van der Waals surface area (Å²) < 4.78 is 0. The van der Waals surface area contributed by atoms with Gasteiger partial charge in [0.25, 0.3) is 0 Å². The molecule has 0 saturated heterocycles. The van der Waals surface area contributed by atoms with E-state index >= 15 is 0 Å². The second-order valence-corrected chi connectivity index (χ2v) is 5.49. The van der Waals surface area contributed by atoms with E-state index in [1.165, 1.54) is 0 Å². The van der Waals surface area contributed by atoms with Gasteiger partial charge in [0, 0.05) is 18.1 Å². The van der Waals surface area contributed by atoms with Gasteiger partial charge in [-0.05, 0) is 33.1 Å². The van der Waals surface area contributed by atoms with E-state index < -0.39 is 6.10 Å². The van der Waals surface area contributed by atoms with E-state index in [0.717, 1.165) is 6.42 Å². The van der Waals surface area contributed by atoms with Gasteiger partial charge in [0.05, 0.1) is 6.10 Å². The van der Waals surface area contributed by atoms with Crippen molar-refractivity contribution in [2.45, 2.75) is 58.7 Å². The van der Waals surface area contributed by atoms with Crippen LogP contribution in [0.2, 0.25) is 0 Å². The highest BCUT2D eigenvalue weighted by Crippen LogP contribution is 2.07. The summed E-state index contributed by atoms with van der Waals surface area (Å²) in [6.45, 7) is 11.0. The third kappa shape index (κ3) is 7.30. The molecule has 0 aliphatic carbocycles. The first-order chi connectivity index (χ1) is 6.22. The molecular formula is C11H26N2O. The van der Waals surface area contributed by atoms with Gasteiger partial charge in [-0.15, -0.1) is 0 Å². The first kappa shape index (κ1) is 13.9. The fourth-order valence-electron chi connectivity index (χ4n) is 1.26. The second kappa shape index (κ2) is 5.69. The molecule has 2 atom stereocenters. The molecule has 0 heterocycles. The molecule has 0 amide bonds. The number of nitrogens with two attached hydrogens (primary N) is 1. The van der Waals surface area contributed by atoms with Gasteiger partial charge in [0.15, 0.2) is 0 Å². The first-order valence-corrected chi connectivity index (χ1v) is 5.41. The summed E-state index contributed by atoms with van der Waals surface area (Å²) in [5.74, 6) is 0.536. The zero-order chi connectivity index (χ0) is 11.4. The van der Waals surface area contributed by atoms with Gasteiger partial charge in [-0.25, -0.2) is 0 Å². The molecule has 0 saturated carbocycles. The van der Waals surface area contributed by atoms with Gasteiger partial charge in [-0.1, -0.05) is 13.8 Å². The maximum absolute atomic E-state index is 9.74. The molecule has 0 fully saturated rings. The highest BCUT2D eigenvalue weighted by Gasteiger charge is 2.18. The van der Waals surface area contributed by atoms with E-state index in [0.29, 0.717) is 12.5 Å². The van der Waals surface area contributed by atoms with Crippen LogP contribution in [0.1, 0.15) is 41.0 Å². The van der Waals surface area contributed by atoms with Gasteiger partial charge in [-0.2, -0.15) is 0 Å². The van der Waals surface area contributed by atoms with Crippen molar-refractivity contribution in [3.05, 3.63) is 0 Å². The Labute approximate surface area is 88.1 Å². The molecule has 0 aromatic carbocycles. The first-order valence-electron chi connectivity index (χ1n) is 5.41. The minimum absolute atomic E-state index is 0.0402. The maximum atomic E-state index is 9.74. The van der Waals surface area contributed by atoms with Crippen molar-refractivity contribution in [1.82, 2.24) is 5.32 Å². The highest BCUT2D eigenvalue weighted by molar-refractivity contribution is 4.79. The normalized spacial score (nSPS) is 17.1. The van der Waals surface area contributed by atoms with E-state index in [1.54, 1.807) is 0 Å². The lowest BCUT2D eigenvalue weighted by atomic mass is 9.99. The van der Waals surface area contributed by atoms with E-state index in [-0.39, 0.29) is 11.6 Å². The highest BCUT2D eigenvalue weighted by atomic mass is 16.3. The monoisotopic (exact) mass is 202 g/mol. The lowest BCUT2D eigenvalue weighted by molar-refractivity contribution is 0.124. The topological polar surface area (TPSA) is 58.3 Å². The average Bonchev–Trinajstić information content (AvgIpc) is 1.97. The van der Waals surface area contributed by atoms with Crippen LogP contribution in [0.5, 0.6) is 0 Å². The van der Waals surface area contributed by atoms with Gasteiger partial charge in [0.2, 0.25) is 0 Å². The number of hydrogen-bond acceptors (Lipinski definition) is 3. The van der Waals surface area contributed by atoms with Gasteiger partial charge in [0.1, 0.15) is 0 Å². The number of nitrogens with one attached hydrogen (secondary N) is 1. The van der Waals surface area contributed by atoms with Crippen molar-refractivity contribution in [2.75, 3.05) is 6.54 Å². The minimum atomic E-state index is -0.448. The molecular weight excluding hydrogens is 176 g/mol. The minimum Gasteiger partial charge on any atom is -0.390 e. The van der Waals surface area contributed by atoms with Crippen LogP contribution in [0.15, 0.2) is 0 Å². The lowest BCUT2D eigenvalue weighted by Crippen LogP contribution is -2.47. The predicted molar refractivity (Wildman–Crippen MR) is 61.2 cm³/mol. The number of aliphatic hydroxyl groups excluding tert-OH is 1. The number of hydrogen-bond donors (Lipinski definition) is 3. The Balaban J connectivity index is 3.78. The van der Waals surface area contributed by atoms with Crippen LogP contribution in [-0.4, -0.2) is 29.3 Å². The largest absolute Gasteiger partial charge is 0.390 e. The van der Waals surface area contributed by atoms with E-state index in [1.807, 2.05) is 0 Å². The Morgan fingerprint density at radius 1 is 1.29 bits per heavy atom. The molecule has 0 aliphatic rings. The van der Waals surface area contributed by atoms with Crippen molar-refractivity contribution in [3.8, 4) is 0 Å². The fourth-order valence-corrected chi connectivity index (χ4v) is 1.26. The zero-order valence-corrected chi connectivity index (χ0v) is 10.2. The van der Waals surface area contributed by atoms with Crippen LogP contribution in [0.4, 0.5) is 0 Å². The summed E-state index contributed by atoms with van der Waals surface area (Å²) in [6, 6.07) is -0.121. The lowest BCUT2D eigenvalue weighted by Gasteiger charge is -2.26. The molecule has 14 heavy (non-hydrogen) atoms. The number of aliphatic hydroxyl groups is 1. The SMILES string of the molecule is CC(C)C[C@H](N)[C@H](O)CNC(C)(C)C. The predicted octanol–water partition coefficient (Wildman–Crippen LogP) is 1.11. The van der Waals surface area contributed by atoms with E-state index in [4.69, 9.17) is 5.73 Å². The van der Waals surface area contributed by atoms with Crippen LogP contribution in [-0.2, 0) is 0 Å². The number of rotatable bonds is 5. The second-order valence-electron chi connectivity index (χ2n) is 5.49. The maximum Gasteiger partial charge on any atom is 0.0815 e. The summed E-state index contributed by atoms with van der Waals surface area (Å²) in [5.41, 5.74) is 5.90. The van der Waals surface area contributed by atoms with Crippen LogP contribution in [0.25, 0.3) is 0 Å². The van der Waals surface area contributed by atoms with Crippen LogP contribution >= 0.6 is 0 Å². The number of β-amino-alcohol motifs (C(OH)–C–C–N with tert-alkyl or cyclic N) is 1. The summed E-state index contributed by atoms with van der Waals surface area (Å²) in [5, 5.41) is 13.0. The molecule has 0 aromatic rings. The molecule has 0 rings (SSSR count). The summed E-state index contributed by atoms with van der Waals surface area (Å²) in [6.07, 6.45) is 0.420. The fraction of sp³-hybridized carbons (Fsp3) is 1.00.